The molecule has 0 saturated heterocycles. The van der Waals surface area contributed by atoms with E-state index in [0.29, 0.717) is 12.5 Å². The molecule has 2 rings (SSSR count). The molecule has 104 valence electrons. The van der Waals surface area contributed by atoms with E-state index in [1.54, 1.807) is 0 Å². The molecule has 18 heavy (non-hydrogen) atoms. The Morgan fingerprint density at radius 3 is 2.22 bits per heavy atom. The van der Waals surface area contributed by atoms with Crippen molar-refractivity contribution in [1.29, 1.82) is 0 Å². The van der Waals surface area contributed by atoms with Gasteiger partial charge >= 0.3 is 5.97 Å². The van der Waals surface area contributed by atoms with Gasteiger partial charge in [0, 0.05) is 6.04 Å². The van der Waals surface area contributed by atoms with Crippen molar-refractivity contribution < 1.29 is 9.53 Å². The molecule has 0 aliphatic heterocycles. The summed E-state index contributed by atoms with van der Waals surface area (Å²) in [5.74, 6) is 0.521. The van der Waals surface area contributed by atoms with Crippen LogP contribution in [0.15, 0.2) is 0 Å². The smallest absolute Gasteiger partial charge is 0.310 e. The van der Waals surface area contributed by atoms with Gasteiger partial charge in [-0.05, 0) is 31.6 Å². The van der Waals surface area contributed by atoms with Gasteiger partial charge in [-0.2, -0.15) is 0 Å². The molecule has 2 unspecified atom stereocenters. The van der Waals surface area contributed by atoms with Gasteiger partial charge in [0.15, 0.2) is 0 Å². The highest BCUT2D eigenvalue weighted by Gasteiger charge is 2.30. The van der Waals surface area contributed by atoms with Gasteiger partial charge in [0.05, 0.1) is 12.5 Å². The highest BCUT2D eigenvalue weighted by Crippen LogP contribution is 2.26. The first-order valence-corrected chi connectivity index (χ1v) is 7.69. The molecule has 2 fully saturated rings. The molecule has 2 N–H and O–H groups in total. The fourth-order valence-corrected chi connectivity index (χ4v) is 3.29. The molecule has 3 heteroatoms. The average Bonchev–Trinajstić information content (AvgIpc) is 2.65. The summed E-state index contributed by atoms with van der Waals surface area (Å²) in [6, 6.07) is 0.0281. The van der Waals surface area contributed by atoms with Crippen LogP contribution in [0.4, 0.5) is 0 Å². The zero-order valence-electron chi connectivity index (χ0n) is 11.4. The summed E-state index contributed by atoms with van der Waals surface area (Å²) in [5, 5.41) is 0. The number of carbonyl (C=O) groups excluding carboxylic acids is 1. The van der Waals surface area contributed by atoms with Crippen LogP contribution in [0.3, 0.4) is 0 Å². The Morgan fingerprint density at radius 2 is 1.56 bits per heavy atom. The minimum Gasteiger partial charge on any atom is -0.465 e. The Morgan fingerprint density at radius 1 is 0.944 bits per heavy atom. The molecule has 0 amide bonds. The van der Waals surface area contributed by atoms with E-state index < -0.39 is 0 Å². The number of ether oxygens (including phenoxy) is 1. The lowest BCUT2D eigenvalue weighted by Crippen LogP contribution is -2.39. The van der Waals surface area contributed by atoms with E-state index in [1.165, 1.54) is 38.5 Å². The maximum Gasteiger partial charge on any atom is 0.310 e. The lowest BCUT2D eigenvalue weighted by Gasteiger charge is -2.27. The number of hydrogen-bond acceptors (Lipinski definition) is 3. The Hall–Kier alpha value is -0.570. The lowest BCUT2D eigenvalue weighted by atomic mass is 9.85. The minimum atomic E-state index is -0.0375. The van der Waals surface area contributed by atoms with E-state index in [4.69, 9.17) is 10.5 Å². The first kappa shape index (κ1) is 13.9. The molecule has 0 spiro atoms. The Bertz CT molecular complexity index is 259. The van der Waals surface area contributed by atoms with Gasteiger partial charge in [0.1, 0.15) is 0 Å². The molecular formula is C15H27NO2. The van der Waals surface area contributed by atoms with Crippen LogP contribution < -0.4 is 5.73 Å². The second kappa shape index (κ2) is 7.13. The van der Waals surface area contributed by atoms with Crippen molar-refractivity contribution in [2.45, 2.75) is 70.3 Å². The van der Waals surface area contributed by atoms with Crippen LogP contribution in [0.5, 0.6) is 0 Å². The third-order valence-electron chi connectivity index (χ3n) is 4.56. The third kappa shape index (κ3) is 3.98. The zero-order chi connectivity index (χ0) is 12.8. The molecule has 3 nitrogen and oxygen atoms in total. The van der Waals surface area contributed by atoms with Crippen LogP contribution in [-0.2, 0) is 9.53 Å². The predicted molar refractivity (Wildman–Crippen MR) is 72.1 cm³/mol. The van der Waals surface area contributed by atoms with Crippen molar-refractivity contribution in [2.75, 3.05) is 6.61 Å². The number of rotatable bonds is 3. The molecule has 0 bridgehead atoms. The lowest BCUT2D eigenvalue weighted by molar-refractivity contribution is -0.151. The number of nitrogens with two attached hydrogens (primary N) is 1. The highest BCUT2D eigenvalue weighted by molar-refractivity contribution is 5.73. The van der Waals surface area contributed by atoms with Crippen molar-refractivity contribution in [2.24, 2.45) is 17.6 Å². The molecule has 2 saturated carbocycles. The van der Waals surface area contributed by atoms with Crippen LogP contribution in [0.1, 0.15) is 64.2 Å². The van der Waals surface area contributed by atoms with E-state index in [2.05, 4.69) is 0 Å². The molecule has 0 aromatic rings. The largest absolute Gasteiger partial charge is 0.465 e. The topological polar surface area (TPSA) is 52.3 Å². The van der Waals surface area contributed by atoms with Crippen LogP contribution in [0.25, 0.3) is 0 Å². The van der Waals surface area contributed by atoms with Crippen LogP contribution in [-0.4, -0.2) is 18.6 Å². The molecule has 0 heterocycles. The summed E-state index contributed by atoms with van der Waals surface area (Å²) in [7, 11) is 0. The van der Waals surface area contributed by atoms with Gasteiger partial charge < -0.3 is 10.5 Å². The number of esters is 1. The maximum absolute atomic E-state index is 12.0. The van der Waals surface area contributed by atoms with Crippen LogP contribution in [0.2, 0.25) is 0 Å². The average molecular weight is 253 g/mol. The van der Waals surface area contributed by atoms with E-state index in [-0.39, 0.29) is 17.9 Å². The number of hydrogen-bond donors (Lipinski definition) is 1. The fourth-order valence-electron chi connectivity index (χ4n) is 3.29. The molecule has 2 atom stereocenters. The Kier molecular flexibility index (Phi) is 5.48. The summed E-state index contributed by atoms with van der Waals surface area (Å²) in [4.78, 5) is 12.0. The minimum absolute atomic E-state index is 0.0281. The van der Waals surface area contributed by atoms with Gasteiger partial charge in [0.2, 0.25) is 0 Å². The van der Waals surface area contributed by atoms with Crippen LogP contribution >= 0.6 is 0 Å². The maximum atomic E-state index is 12.0. The third-order valence-corrected chi connectivity index (χ3v) is 4.56. The quantitative estimate of drug-likeness (QED) is 0.621. The van der Waals surface area contributed by atoms with Crippen molar-refractivity contribution in [3.05, 3.63) is 0 Å². The molecular weight excluding hydrogens is 226 g/mol. The summed E-state index contributed by atoms with van der Waals surface area (Å²) in [5.41, 5.74) is 6.01. The van der Waals surface area contributed by atoms with Crippen molar-refractivity contribution >= 4 is 5.97 Å². The second-order valence-corrected chi connectivity index (χ2v) is 6.04. The van der Waals surface area contributed by atoms with Gasteiger partial charge in [-0.25, -0.2) is 0 Å². The molecule has 2 aliphatic rings. The second-order valence-electron chi connectivity index (χ2n) is 6.04. The number of carbonyl (C=O) groups is 1. The summed E-state index contributed by atoms with van der Waals surface area (Å²) < 4.78 is 5.53. The molecule has 2 aliphatic carbocycles. The van der Waals surface area contributed by atoms with Gasteiger partial charge in [-0.1, -0.05) is 38.5 Å². The normalized spacial score (nSPS) is 30.7. The molecule has 0 aromatic carbocycles. The van der Waals surface area contributed by atoms with E-state index in [0.717, 1.165) is 25.7 Å². The zero-order valence-corrected chi connectivity index (χ0v) is 11.4. The van der Waals surface area contributed by atoms with Crippen molar-refractivity contribution in [3.8, 4) is 0 Å². The first-order chi connectivity index (χ1) is 8.77. The van der Waals surface area contributed by atoms with E-state index in [9.17, 15) is 4.79 Å². The van der Waals surface area contributed by atoms with E-state index >= 15 is 0 Å². The monoisotopic (exact) mass is 253 g/mol. The summed E-state index contributed by atoms with van der Waals surface area (Å²) in [6.07, 6.45) is 11.9. The Labute approximate surface area is 110 Å². The van der Waals surface area contributed by atoms with Crippen LogP contribution in [0, 0.1) is 11.8 Å². The van der Waals surface area contributed by atoms with Crippen molar-refractivity contribution in [3.63, 3.8) is 0 Å². The molecule has 0 radical (unpaired) electrons. The van der Waals surface area contributed by atoms with E-state index in [1.807, 2.05) is 0 Å². The van der Waals surface area contributed by atoms with Gasteiger partial charge in [0.25, 0.3) is 0 Å². The SMILES string of the molecule is NC1CCCCC1C(=O)OCC1CCCCCC1. The predicted octanol–water partition coefficient (Wildman–Crippen LogP) is 3.02. The van der Waals surface area contributed by atoms with Crippen molar-refractivity contribution in [1.82, 2.24) is 0 Å². The fraction of sp³-hybridized carbons (Fsp3) is 0.933. The van der Waals surface area contributed by atoms with Gasteiger partial charge in [-0.3, -0.25) is 4.79 Å². The highest BCUT2D eigenvalue weighted by atomic mass is 16.5. The first-order valence-electron chi connectivity index (χ1n) is 7.69. The molecule has 0 aromatic heterocycles. The van der Waals surface area contributed by atoms with Gasteiger partial charge in [-0.15, -0.1) is 0 Å². The summed E-state index contributed by atoms with van der Waals surface area (Å²) in [6.45, 7) is 0.627. The Balaban J connectivity index is 1.72. The summed E-state index contributed by atoms with van der Waals surface area (Å²) >= 11 is 0. The standard InChI is InChI=1S/C15H27NO2/c16-14-10-6-5-9-13(14)15(17)18-11-12-7-3-1-2-4-8-12/h12-14H,1-11,16H2.